The highest BCUT2D eigenvalue weighted by molar-refractivity contribution is 7.93. The molecule has 24 heavy (non-hydrogen) atoms. The highest BCUT2D eigenvalue weighted by atomic mass is 32.2. The first-order chi connectivity index (χ1) is 11.2. The third-order valence-electron chi connectivity index (χ3n) is 4.52. The predicted molar refractivity (Wildman–Crippen MR) is 95.6 cm³/mol. The van der Waals surface area contributed by atoms with E-state index in [1.807, 2.05) is 52.0 Å². The Kier molecular flexibility index (Phi) is 6.42. The van der Waals surface area contributed by atoms with Crippen LogP contribution in [0.4, 0.5) is 0 Å². The topological polar surface area (TPSA) is 79.1 Å². The van der Waals surface area contributed by atoms with Crippen molar-refractivity contribution in [2.45, 2.75) is 63.4 Å². The van der Waals surface area contributed by atoms with E-state index in [1.54, 1.807) is 0 Å². The lowest BCUT2D eigenvalue weighted by molar-refractivity contribution is 0.0298. The van der Waals surface area contributed by atoms with Crippen LogP contribution >= 0.6 is 0 Å². The molecule has 6 heteroatoms. The first kappa shape index (κ1) is 19.4. The molecular formula is C18H29NO4S. The smallest absolute Gasteiger partial charge is 0.0850 e. The van der Waals surface area contributed by atoms with E-state index in [2.05, 4.69) is 4.36 Å². The van der Waals surface area contributed by atoms with E-state index in [-0.39, 0.29) is 36.5 Å². The number of aryl methyl sites for hydroxylation is 1. The van der Waals surface area contributed by atoms with Gasteiger partial charge in [0, 0.05) is 11.3 Å². The van der Waals surface area contributed by atoms with Crippen molar-refractivity contribution in [1.82, 2.24) is 0 Å². The van der Waals surface area contributed by atoms with Gasteiger partial charge in [-0.2, -0.15) is 0 Å². The van der Waals surface area contributed by atoms with Crippen molar-refractivity contribution in [3.05, 3.63) is 29.8 Å². The minimum absolute atomic E-state index is 0.0929. The second-order valence-electron chi connectivity index (χ2n) is 6.99. The number of hydrogen-bond donors (Lipinski definition) is 2. The molecule has 1 aromatic carbocycles. The van der Waals surface area contributed by atoms with Crippen molar-refractivity contribution in [1.29, 1.82) is 0 Å². The zero-order chi connectivity index (χ0) is 17.9. The van der Waals surface area contributed by atoms with E-state index < -0.39 is 15.8 Å². The first-order valence-corrected chi connectivity index (χ1v) is 10.2. The third kappa shape index (κ3) is 4.57. The molecular weight excluding hydrogens is 326 g/mol. The number of nitrogens with zero attached hydrogens (tertiary/aromatic N) is 1. The number of hydrogen-bond acceptors (Lipinski definition) is 5. The molecule has 1 aliphatic rings. The van der Waals surface area contributed by atoms with Gasteiger partial charge in [-0.15, -0.1) is 0 Å². The Morgan fingerprint density at radius 1 is 1.33 bits per heavy atom. The predicted octanol–water partition coefficient (Wildman–Crippen LogP) is 2.38. The first-order valence-electron chi connectivity index (χ1n) is 8.50. The summed E-state index contributed by atoms with van der Waals surface area (Å²) < 4.78 is 24.0. The van der Waals surface area contributed by atoms with Gasteiger partial charge in [-0.25, -0.2) is 8.57 Å². The van der Waals surface area contributed by atoms with Gasteiger partial charge in [-0.3, -0.25) is 0 Å². The summed E-state index contributed by atoms with van der Waals surface area (Å²) >= 11 is 0. The van der Waals surface area contributed by atoms with Crippen LogP contribution in [-0.2, 0) is 14.5 Å². The molecule has 5 atom stereocenters. The maximum absolute atomic E-state index is 13.7. The summed E-state index contributed by atoms with van der Waals surface area (Å²) in [5.74, 6) is 0.330. The Bertz CT molecular complexity index is 639. The van der Waals surface area contributed by atoms with Crippen molar-refractivity contribution in [2.75, 3.05) is 12.4 Å². The molecule has 0 radical (unpaired) electrons. The average Bonchev–Trinajstić information content (AvgIpc) is 2.82. The second-order valence-corrected chi connectivity index (χ2v) is 9.28. The molecule has 2 N–H and O–H groups in total. The van der Waals surface area contributed by atoms with Crippen LogP contribution in [0, 0.1) is 12.8 Å². The van der Waals surface area contributed by atoms with E-state index in [1.165, 1.54) is 0 Å². The van der Waals surface area contributed by atoms with Crippen LogP contribution in [0.1, 0.15) is 32.8 Å². The van der Waals surface area contributed by atoms with Crippen molar-refractivity contribution in [3.63, 3.8) is 0 Å². The lowest BCUT2D eigenvalue weighted by atomic mass is 10.1. The number of aliphatic hydroxyl groups excluding tert-OH is 2. The zero-order valence-electron chi connectivity index (χ0n) is 14.9. The fraction of sp³-hybridized carbons (Fsp3) is 0.667. The van der Waals surface area contributed by atoms with E-state index in [4.69, 9.17) is 4.74 Å². The summed E-state index contributed by atoms with van der Waals surface area (Å²) in [5, 5.41) is 19.5. The molecule has 1 fully saturated rings. The SMILES string of the molecule is Cc1ccc(S(=O)(C[C@@H]2C[C@@H](O)[C@@H](C)O2)=N[C@H](CO)C(C)C)cc1. The molecule has 5 nitrogen and oxygen atoms in total. The fourth-order valence-corrected chi connectivity index (χ4v) is 5.23. The summed E-state index contributed by atoms with van der Waals surface area (Å²) in [5.41, 5.74) is 1.09. The maximum Gasteiger partial charge on any atom is 0.0850 e. The van der Waals surface area contributed by atoms with Crippen LogP contribution in [0.25, 0.3) is 0 Å². The molecule has 0 amide bonds. The van der Waals surface area contributed by atoms with Gasteiger partial charge in [0.25, 0.3) is 0 Å². The summed E-state index contributed by atoms with van der Waals surface area (Å²) in [6, 6.07) is 7.12. The van der Waals surface area contributed by atoms with Gasteiger partial charge < -0.3 is 14.9 Å². The molecule has 1 heterocycles. The van der Waals surface area contributed by atoms with Gasteiger partial charge >= 0.3 is 0 Å². The van der Waals surface area contributed by atoms with Crippen LogP contribution in [-0.4, -0.2) is 51.1 Å². The normalized spacial score (nSPS) is 27.9. The molecule has 0 aliphatic carbocycles. The molecule has 0 aromatic heterocycles. The minimum atomic E-state index is -2.74. The monoisotopic (exact) mass is 355 g/mol. The summed E-state index contributed by atoms with van der Waals surface area (Å²) in [4.78, 5) is 0.657. The quantitative estimate of drug-likeness (QED) is 0.821. The van der Waals surface area contributed by atoms with Crippen molar-refractivity contribution in [2.24, 2.45) is 10.3 Å². The van der Waals surface area contributed by atoms with Gasteiger partial charge in [0.15, 0.2) is 0 Å². The third-order valence-corrected chi connectivity index (χ3v) is 6.96. The molecule has 1 unspecified atom stereocenters. The van der Waals surface area contributed by atoms with Crippen LogP contribution in [0.15, 0.2) is 33.5 Å². The molecule has 2 rings (SSSR count). The second kappa shape index (κ2) is 7.95. The molecule has 136 valence electrons. The molecule has 0 bridgehead atoms. The van der Waals surface area contributed by atoms with Crippen LogP contribution < -0.4 is 0 Å². The zero-order valence-corrected chi connectivity index (χ0v) is 15.7. The molecule has 0 saturated carbocycles. The van der Waals surface area contributed by atoms with E-state index in [0.29, 0.717) is 11.3 Å². The van der Waals surface area contributed by atoms with Crippen molar-refractivity contribution >= 4 is 9.73 Å². The Morgan fingerprint density at radius 3 is 2.42 bits per heavy atom. The summed E-state index contributed by atoms with van der Waals surface area (Å²) in [7, 11) is -2.74. The number of aliphatic hydroxyl groups is 2. The standard InChI is InChI=1S/C18H29NO4S/c1-12(2)17(10-20)19-24(22,16-7-5-13(3)6-8-16)11-15-9-18(21)14(4)23-15/h5-8,12,14-15,17-18,20-21H,9-11H2,1-4H3/t14-,15+,17-,18-,24?/m1/s1. The minimum Gasteiger partial charge on any atom is -0.394 e. The van der Waals surface area contributed by atoms with E-state index in [0.717, 1.165) is 5.56 Å². The highest BCUT2D eigenvalue weighted by Gasteiger charge is 2.34. The average molecular weight is 356 g/mol. The van der Waals surface area contributed by atoms with E-state index in [9.17, 15) is 14.4 Å². The van der Waals surface area contributed by atoms with Gasteiger partial charge in [0.05, 0.1) is 46.4 Å². The molecule has 1 aromatic rings. The van der Waals surface area contributed by atoms with Crippen molar-refractivity contribution < 1.29 is 19.2 Å². The van der Waals surface area contributed by atoms with E-state index >= 15 is 0 Å². The Morgan fingerprint density at radius 2 is 1.96 bits per heavy atom. The lowest BCUT2D eigenvalue weighted by Gasteiger charge is -2.20. The largest absolute Gasteiger partial charge is 0.394 e. The lowest BCUT2D eigenvalue weighted by Crippen LogP contribution is -2.26. The molecule has 0 spiro atoms. The van der Waals surface area contributed by atoms with Crippen LogP contribution in [0.3, 0.4) is 0 Å². The molecule has 1 saturated heterocycles. The number of benzene rings is 1. The Labute approximate surface area is 145 Å². The Hall–Kier alpha value is -0.950. The van der Waals surface area contributed by atoms with Crippen LogP contribution in [0.2, 0.25) is 0 Å². The van der Waals surface area contributed by atoms with Gasteiger partial charge in [-0.05, 0) is 31.9 Å². The highest BCUT2D eigenvalue weighted by Crippen LogP contribution is 2.26. The number of ether oxygens (including phenoxy) is 1. The number of rotatable bonds is 6. The Balaban J connectivity index is 2.39. The van der Waals surface area contributed by atoms with Crippen molar-refractivity contribution in [3.8, 4) is 0 Å². The van der Waals surface area contributed by atoms with Crippen LogP contribution in [0.5, 0.6) is 0 Å². The summed E-state index contributed by atoms with van der Waals surface area (Å²) in [6.45, 7) is 7.57. The van der Waals surface area contributed by atoms with Gasteiger partial charge in [0.2, 0.25) is 0 Å². The summed E-state index contributed by atoms with van der Waals surface area (Å²) in [6.07, 6.45) is -0.616. The maximum atomic E-state index is 13.7. The van der Waals surface area contributed by atoms with Gasteiger partial charge in [0.1, 0.15) is 0 Å². The molecule has 1 aliphatic heterocycles. The fourth-order valence-electron chi connectivity index (χ4n) is 2.81. The van der Waals surface area contributed by atoms with Gasteiger partial charge in [-0.1, -0.05) is 31.5 Å².